The van der Waals surface area contributed by atoms with Crippen LogP contribution in [-0.4, -0.2) is 14.2 Å². The molecule has 24 heavy (non-hydrogen) atoms. The van der Waals surface area contributed by atoms with E-state index in [1.807, 2.05) is 0 Å². The van der Waals surface area contributed by atoms with Gasteiger partial charge in [0.2, 0.25) is 0 Å². The van der Waals surface area contributed by atoms with E-state index in [0.29, 0.717) is 0 Å². The lowest BCUT2D eigenvalue weighted by Crippen LogP contribution is -2.14. The summed E-state index contributed by atoms with van der Waals surface area (Å²) in [6.45, 7) is 13.2. The molecule has 2 heteroatoms. The normalized spacial score (nSPS) is 12.2. The Morgan fingerprint density at radius 3 is 1.83 bits per heavy atom. The van der Waals surface area contributed by atoms with Crippen LogP contribution < -0.4 is 9.47 Å². The summed E-state index contributed by atoms with van der Waals surface area (Å²) in [5.74, 6) is 1.86. The predicted octanol–water partition coefficient (Wildman–Crippen LogP) is 5.97. The van der Waals surface area contributed by atoms with E-state index in [9.17, 15) is 0 Å². The SMILES string of the molecule is COc1cc(-c2cccc(C(C)(C)C)c2OC)ccc1C(C)(C)C. The Labute approximate surface area is 146 Å². The number of ether oxygens (including phenoxy) is 2. The van der Waals surface area contributed by atoms with E-state index in [0.717, 1.165) is 22.6 Å². The number of benzene rings is 2. The minimum atomic E-state index is 0.0246. The number of methoxy groups -OCH3 is 2. The fourth-order valence-corrected chi connectivity index (χ4v) is 3.05. The third kappa shape index (κ3) is 3.58. The summed E-state index contributed by atoms with van der Waals surface area (Å²) in [5, 5.41) is 0. The number of para-hydroxylation sites is 1. The molecule has 0 N–H and O–H groups in total. The molecule has 2 rings (SSSR count). The maximum absolute atomic E-state index is 5.79. The Morgan fingerprint density at radius 2 is 1.33 bits per heavy atom. The van der Waals surface area contributed by atoms with Gasteiger partial charge in [-0.25, -0.2) is 0 Å². The molecule has 2 aromatic carbocycles. The van der Waals surface area contributed by atoms with Crippen molar-refractivity contribution < 1.29 is 9.47 Å². The molecule has 0 aromatic heterocycles. The molecule has 130 valence electrons. The van der Waals surface area contributed by atoms with E-state index in [1.54, 1.807) is 14.2 Å². The molecule has 0 unspecified atom stereocenters. The molecule has 0 fully saturated rings. The fourth-order valence-electron chi connectivity index (χ4n) is 3.05. The van der Waals surface area contributed by atoms with Crippen molar-refractivity contribution in [3.05, 3.63) is 47.5 Å². The molecule has 0 radical (unpaired) electrons. The topological polar surface area (TPSA) is 18.5 Å². The van der Waals surface area contributed by atoms with Gasteiger partial charge in [0.15, 0.2) is 0 Å². The number of hydrogen-bond donors (Lipinski definition) is 0. The molecule has 0 spiro atoms. The van der Waals surface area contributed by atoms with E-state index < -0.39 is 0 Å². The first kappa shape index (κ1) is 18.4. The summed E-state index contributed by atoms with van der Waals surface area (Å²) in [5.41, 5.74) is 4.70. The lowest BCUT2D eigenvalue weighted by Gasteiger charge is -2.25. The summed E-state index contributed by atoms with van der Waals surface area (Å²) in [6, 6.07) is 12.8. The smallest absolute Gasteiger partial charge is 0.130 e. The molecular formula is C22H30O2. The molecule has 0 bridgehead atoms. The van der Waals surface area contributed by atoms with Gasteiger partial charge >= 0.3 is 0 Å². The monoisotopic (exact) mass is 326 g/mol. The van der Waals surface area contributed by atoms with Crippen molar-refractivity contribution in [2.75, 3.05) is 14.2 Å². The van der Waals surface area contributed by atoms with Crippen LogP contribution in [-0.2, 0) is 10.8 Å². The zero-order chi connectivity index (χ0) is 18.1. The third-order valence-corrected chi connectivity index (χ3v) is 4.35. The summed E-state index contributed by atoms with van der Waals surface area (Å²) < 4.78 is 11.5. The van der Waals surface area contributed by atoms with E-state index in [4.69, 9.17) is 9.47 Å². The Hall–Kier alpha value is -1.96. The van der Waals surface area contributed by atoms with Crippen molar-refractivity contribution >= 4 is 0 Å². The first-order valence-corrected chi connectivity index (χ1v) is 8.46. The average molecular weight is 326 g/mol. The van der Waals surface area contributed by atoms with Crippen LogP contribution >= 0.6 is 0 Å². The Bertz CT molecular complexity index is 716. The Balaban J connectivity index is 2.65. The van der Waals surface area contributed by atoms with Crippen LogP contribution in [0.1, 0.15) is 52.7 Å². The Morgan fingerprint density at radius 1 is 0.708 bits per heavy atom. The van der Waals surface area contributed by atoms with E-state index in [-0.39, 0.29) is 10.8 Å². The van der Waals surface area contributed by atoms with Crippen molar-refractivity contribution in [1.82, 2.24) is 0 Å². The van der Waals surface area contributed by atoms with E-state index in [1.165, 1.54) is 11.1 Å². The summed E-state index contributed by atoms with van der Waals surface area (Å²) in [6.07, 6.45) is 0. The van der Waals surface area contributed by atoms with Gasteiger partial charge in [-0.15, -0.1) is 0 Å². The highest BCUT2D eigenvalue weighted by molar-refractivity contribution is 5.74. The van der Waals surface area contributed by atoms with Crippen molar-refractivity contribution in [3.8, 4) is 22.6 Å². The van der Waals surface area contributed by atoms with Gasteiger partial charge in [-0.3, -0.25) is 0 Å². The minimum absolute atomic E-state index is 0.0246. The van der Waals surface area contributed by atoms with Crippen LogP contribution in [0.2, 0.25) is 0 Å². The van der Waals surface area contributed by atoms with Crippen LogP contribution in [0.15, 0.2) is 36.4 Å². The lowest BCUT2D eigenvalue weighted by molar-refractivity contribution is 0.396. The first-order valence-electron chi connectivity index (χ1n) is 8.46. The minimum Gasteiger partial charge on any atom is -0.496 e. The van der Waals surface area contributed by atoms with Gasteiger partial charge in [0.1, 0.15) is 11.5 Å². The van der Waals surface area contributed by atoms with Crippen molar-refractivity contribution in [3.63, 3.8) is 0 Å². The molecule has 0 saturated heterocycles. The summed E-state index contributed by atoms with van der Waals surface area (Å²) in [4.78, 5) is 0. The van der Waals surface area contributed by atoms with Crippen LogP contribution in [0, 0.1) is 0 Å². The maximum atomic E-state index is 5.79. The Kier molecular flexibility index (Phi) is 4.98. The fraction of sp³-hybridized carbons (Fsp3) is 0.455. The second-order valence-corrected chi connectivity index (χ2v) is 8.30. The van der Waals surface area contributed by atoms with Gasteiger partial charge in [-0.2, -0.15) is 0 Å². The van der Waals surface area contributed by atoms with Gasteiger partial charge in [0, 0.05) is 11.1 Å². The molecule has 0 saturated carbocycles. The average Bonchev–Trinajstić information content (AvgIpc) is 2.51. The van der Waals surface area contributed by atoms with Crippen LogP contribution in [0.5, 0.6) is 11.5 Å². The standard InChI is InChI=1S/C22H30O2/c1-21(2,3)17-13-12-15(14-19(17)23-7)16-10-9-11-18(20(16)24-8)22(4,5)6/h9-14H,1-8H3. The number of rotatable bonds is 3. The van der Waals surface area contributed by atoms with Crippen molar-refractivity contribution in [1.29, 1.82) is 0 Å². The van der Waals surface area contributed by atoms with Crippen molar-refractivity contribution in [2.24, 2.45) is 0 Å². The molecule has 0 aliphatic rings. The molecule has 2 aromatic rings. The zero-order valence-electron chi connectivity index (χ0n) is 16.3. The summed E-state index contributed by atoms with van der Waals surface area (Å²) in [7, 11) is 3.48. The highest BCUT2D eigenvalue weighted by atomic mass is 16.5. The van der Waals surface area contributed by atoms with Crippen molar-refractivity contribution in [2.45, 2.75) is 52.4 Å². The molecule has 0 aliphatic heterocycles. The van der Waals surface area contributed by atoms with Gasteiger partial charge in [-0.1, -0.05) is 71.9 Å². The molecule has 2 nitrogen and oxygen atoms in total. The number of hydrogen-bond acceptors (Lipinski definition) is 2. The van der Waals surface area contributed by atoms with Crippen LogP contribution in [0.25, 0.3) is 11.1 Å². The molecule has 0 heterocycles. The van der Waals surface area contributed by atoms with Gasteiger partial charge in [-0.05, 0) is 28.0 Å². The third-order valence-electron chi connectivity index (χ3n) is 4.35. The highest BCUT2D eigenvalue weighted by Gasteiger charge is 2.23. The molecule has 0 atom stereocenters. The van der Waals surface area contributed by atoms with Gasteiger partial charge < -0.3 is 9.47 Å². The van der Waals surface area contributed by atoms with Crippen LogP contribution in [0.3, 0.4) is 0 Å². The molecule has 0 amide bonds. The van der Waals surface area contributed by atoms with Crippen LogP contribution in [0.4, 0.5) is 0 Å². The predicted molar refractivity (Wildman–Crippen MR) is 102 cm³/mol. The first-order chi connectivity index (χ1) is 11.1. The van der Waals surface area contributed by atoms with Gasteiger partial charge in [0.05, 0.1) is 14.2 Å². The second kappa shape index (κ2) is 6.51. The van der Waals surface area contributed by atoms with Gasteiger partial charge in [0.25, 0.3) is 0 Å². The maximum Gasteiger partial charge on any atom is 0.130 e. The van der Waals surface area contributed by atoms with E-state index >= 15 is 0 Å². The lowest BCUT2D eigenvalue weighted by atomic mass is 9.83. The molecular weight excluding hydrogens is 296 g/mol. The largest absolute Gasteiger partial charge is 0.496 e. The quantitative estimate of drug-likeness (QED) is 0.692. The molecule has 0 aliphatic carbocycles. The zero-order valence-corrected chi connectivity index (χ0v) is 16.3. The summed E-state index contributed by atoms with van der Waals surface area (Å²) >= 11 is 0. The second-order valence-electron chi connectivity index (χ2n) is 8.30. The van der Waals surface area contributed by atoms with E-state index in [2.05, 4.69) is 77.9 Å². The highest BCUT2D eigenvalue weighted by Crippen LogP contribution is 2.41.